The van der Waals surface area contributed by atoms with Crippen LogP contribution >= 0.6 is 0 Å². The lowest BCUT2D eigenvalue weighted by Gasteiger charge is -2.26. The number of nitrogens with zero attached hydrogens (tertiary/aromatic N) is 3. The Labute approximate surface area is 90.3 Å². The molecule has 2 rings (SSSR count). The Morgan fingerprint density at radius 3 is 2.87 bits per heavy atom. The van der Waals surface area contributed by atoms with Crippen LogP contribution in [0.5, 0.6) is 0 Å². The molecule has 1 atom stereocenters. The van der Waals surface area contributed by atoms with Crippen molar-refractivity contribution in [2.75, 3.05) is 6.61 Å². The van der Waals surface area contributed by atoms with Gasteiger partial charge in [0.15, 0.2) is 0 Å². The monoisotopic (exact) mass is 209 g/mol. The fourth-order valence-electron chi connectivity index (χ4n) is 2.16. The Morgan fingerprint density at radius 2 is 2.33 bits per heavy atom. The summed E-state index contributed by atoms with van der Waals surface area (Å²) in [6, 6.07) is 0. The fourth-order valence-corrected chi connectivity index (χ4v) is 2.16. The van der Waals surface area contributed by atoms with Crippen LogP contribution in [-0.4, -0.2) is 26.5 Å². The van der Waals surface area contributed by atoms with E-state index in [0.717, 1.165) is 18.8 Å². The highest BCUT2D eigenvalue weighted by atomic mass is 16.3. The van der Waals surface area contributed by atoms with Crippen molar-refractivity contribution >= 4 is 0 Å². The smallest absolute Gasteiger partial charge is 0.138 e. The van der Waals surface area contributed by atoms with Crippen molar-refractivity contribution in [3.8, 4) is 0 Å². The van der Waals surface area contributed by atoms with Gasteiger partial charge in [-0.15, -0.1) is 0 Å². The third kappa shape index (κ3) is 2.04. The molecule has 1 heterocycles. The number of rotatable bonds is 5. The van der Waals surface area contributed by atoms with Gasteiger partial charge in [0.25, 0.3) is 0 Å². The highest BCUT2D eigenvalue weighted by Gasteiger charge is 2.41. The summed E-state index contributed by atoms with van der Waals surface area (Å²) in [5.74, 6) is 1.67. The van der Waals surface area contributed by atoms with Crippen LogP contribution in [0.2, 0.25) is 0 Å². The van der Waals surface area contributed by atoms with Crippen molar-refractivity contribution in [3.05, 3.63) is 12.2 Å². The van der Waals surface area contributed by atoms with Gasteiger partial charge >= 0.3 is 0 Å². The van der Waals surface area contributed by atoms with E-state index in [2.05, 4.69) is 23.9 Å². The molecule has 0 bridgehead atoms. The summed E-state index contributed by atoms with van der Waals surface area (Å²) in [5.41, 5.74) is -0.0000463. The maximum atomic E-state index is 9.50. The normalized spacial score (nSPS) is 20.2. The third-order valence-electron chi connectivity index (χ3n) is 3.48. The highest BCUT2D eigenvalue weighted by molar-refractivity contribution is 4.99. The number of aromatic nitrogens is 3. The molecule has 1 aromatic rings. The maximum absolute atomic E-state index is 9.50. The van der Waals surface area contributed by atoms with Gasteiger partial charge in [0.2, 0.25) is 0 Å². The van der Waals surface area contributed by atoms with Crippen LogP contribution in [-0.2, 0) is 13.0 Å². The molecule has 0 aliphatic heterocycles. The first kappa shape index (κ1) is 10.6. The van der Waals surface area contributed by atoms with Crippen molar-refractivity contribution < 1.29 is 5.11 Å². The van der Waals surface area contributed by atoms with Gasteiger partial charge < -0.3 is 5.11 Å². The molecule has 1 unspecified atom stereocenters. The van der Waals surface area contributed by atoms with E-state index in [4.69, 9.17) is 0 Å². The Kier molecular flexibility index (Phi) is 2.78. The molecule has 4 nitrogen and oxygen atoms in total. The highest BCUT2D eigenvalue weighted by Crippen LogP contribution is 2.46. The van der Waals surface area contributed by atoms with Gasteiger partial charge in [0.1, 0.15) is 12.2 Å². The number of aliphatic hydroxyl groups is 1. The summed E-state index contributed by atoms with van der Waals surface area (Å²) in [5, 5.41) is 13.7. The van der Waals surface area contributed by atoms with Crippen molar-refractivity contribution in [2.45, 2.75) is 39.7 Å². The predicted molar refractivity (Wildman–Crippen MR) is 57.3 cm³/mol. The average Bonchev–Trinajstić information content (AvgIpc) is 3.01. The first-order valence-corrected chi connectivity index (χ1v) is 5.67. The summed E-state index contributed by atoms with van der Waals surface area (Å²) in [4.78, 5) is 4.27. The lowest BCUT2D eigenvalue weighted by atomic mass is 9.82. The Hall–Kier alpha value is -0.900. The van der Waals surface area contributed by atoms with Gasteiger partial charge in [-0.3, -0.25) is 4.68 Å². The molecule has 15 heavy (non-hydrogen) atoms. The number of aliphatic hydroxyl groups excluding tert-OH is 1. The largest absolute Gasteiger partial charge is 0.396 e. The first-order valence-electron chi connectivity index (χ1n) is 5.67. The second-order valence-electron chi connectivity index (χ2n) is 4.76. The molecule has 1 N–H and O–H groups in total. The molecule has 0 spiro atoms. The first-order chi connectivity index (χ1) is 7.19. The minimum absolute atomic E-state index is 0.0000463. The molecule has 0 aromatic carbocycles. The zero-order chi connectivity index (χ0) is 10.9. The van der Waals surface area contributed by atoms with Crippen molar-refractivity contribution in [2.24, 2.45) is 11.3 Å². The fraction of sp³-hybridized carbons (Fsp3) is 0.818. The second-order valence-corrected chi connectivity index (χ2v) is 4.76. The molecule has 1 aromatic heterocycles. The van der Waals surface area contributed by atoms with Gasteiger partial charge in [-0.05, 0) is 25.7 Å². The van der Waals surface area contributed by atoms with Crippen LogP contribution in [0.15, 0.2) is 6.33 Å². The Morgan fingerprint density at radius 1 is 1.60 bits per heavy atom. The van der Waals surface area contributed by atoms with E-state index in [-0.39, 0.29) is 12.0 Å². The van der Waals surface area contributed by atoms with E-state index < -0.39 is 0 Å². The molecule has 1 aliphatic rings. The van der Waals surface area contributed by atoms with E-state index in [0.29, 0.717) is 5.92 Å². The summed E-state index contributed by atoms with van der Waals surface area (Å²) in [6.07, 6.45) is 4.93. The van der Waals surface area contributed by atoms with Crippen molar-refractivity contribution in [1.29, 1.82) is 0 Å². The van der Waals surface area contributed by atoms with E-state index in [1.54, 1.807) is 6.33 Å². The van der Waals surface area contributed by atoms with E-state index in [9.17, 15) is 5.11 Å². The predicted octanol–water partition coefficient (Wildman–Crippen LogP) is 1.25. The topological polar surface area (TPSA) is 50.9 Å². The minimum Gasteiger partial charge on any atom is -0.396 e. The van der Waals surface area contributed by atoms with E-state index >= 15 is 0 Å². The molecule has 1 aliphatic carbocycles. The van der Waals surface area contributed by atoms with Gasteiger partial charge in [0.05, 0.1) is 0 Å². The van der Waals surface area contributed by atoms with Crippen LogP contribution in [0.4, 0.5) is 0 Å². The lowest BCUT2D eigenvalue weighted by Crippen LogP contribution is -2.28. The molecular weight excluding hydrogens is 190 g/mol. The quantitative estimate of drug-likeness (QED) is 0.794. The molecule has 4 heteroatoms. The van der Waals surface area contributed by atoms with Crippen molar-refractivity contribution in [3.63, 3.8) is 0 Å². The van der Waals surface area contributed by atoms with E-state index in [1.807, 2.05) is 4.68 Å². The van der Waals surface area contributed by atoms with E-state index in [1.165, 1.54) is 12.8 Å². The number of hydrogen-bond donors (Lipinski definition) is 1. The van der Waals surface area contributed by atoms with Crippen LogP contribution < -0.4 is 0 Å². The van der Waals surface area contributed by atoms with Gasteiger partial charge in [-0.25, -0.2) is 4.98 Å². The summed E-state index contributed by atoms with van der Waals surface area (Å²) in [6.45, 7) is 5.31. The molecule has 0 radical (unpaired) electrons. The molecule has 1 fully saturated rings. The molecular formula is C11H19N3O. The second kappa shape index (κ2) is 3.93. The van der Waals surface area contributed by atoms with Gasteiger partial charge in [-0.1, -0.05) is 6.92 Å². The van der Waals surface area contributed by atoms with Crippen molar-refractivity contribution in [1.82, 2.24) is 14.8 Å². The summed E-state index contributed by atoms with van der Waals surface area (Å²) in [7, 11) is 0. The minimum atomic E-state index is -0.0000463. The lowest BCUT2D eigenvalue weighted by molar-refractivity contribution is 0.116. The standard InChI is InChI=1S/C11H19N3O/c1-3-14-10(12-8-13-14)6-11(2,7-15)9-4-5-9/h8-9,15H,3-7H2,1-2H3. The zero-order valence-corrected chi connectivity index (χ0v) is 9.48. The molecule has 0 saturated heterocycles. The zero-order valence-electron chi connectivity index (χ0n) is 9.48. The van der Waals surface area contributed by atoms with Gasteiger partial charge in [0, 0.05) is 25.0 Å². The van der Waals surface area contributed by atoms with Crippen LogP contribution in [0.25, 0.3) is 0 Å². The number of aryl methyl sites for hydroxylation is 1. The molecule has 84 valence electrons. The SMILES string of the molecule is CCn1ncnc1CC(C)(CO)C1CC1. The van der Waals surface area contributed by atoms with Gasteiger partial charge in [-0.2, -0.15) is 5.10 Å². The Bertz CT molecular complexity index is 332. The summed E-state index contributed by atoms with van der Waals surface area (Å²) >= 11 is 0. The summed E-state index contributed by atoms with van der Waals surface area (Å²) < 4.78 is 1.91. The average molecular weight is 209 g/mol. The third-order valence-corrected chi connectivity index (χ3v) is 3.48. The Balaban J connectivity index is 2.12. The molecule has 0 amide bonds. The van der Waals surface area contributed by atoms with Crippen LogP contribution in [0.1, 0.15) is 32.5 Å². The van der Waals surface area contributed by atoms with Crippen LogP contribution in [0, 0.1) is 11.3 Å². The maximum Gasteiger partial charge on any atom is 0.138 e. The number of hydrogen-bond acceptors (Lipinski definition) is 3. The van der Waals surface area contributed by atoms with Crippen LogP contribution in [0.3, 0.4) is 0 Å². The molecule has 1 saturated carbocycles.